The van der Waals surface area contributed by atoms with Crippen LogP contribution in [0.1, 0.15) is 30.5 Å². The fourth-order valence-electron chi connectivity index (χ4n) is 4.98. The topological polar surface area (TPSA) is 85.5 Å². The number of benzene rings is 1. The van der Waals surface area contributed by atoms with Crippen LogP contribution in [-0.2, 0) is 4.79 Å². The molecule has 2 aromatic rings. The monoisotopic (exact) mass is 422 g/mol. The number of halogens is 2. The average molecular weight is 422 g/mol. The quantitative estimate of drug-likeness (QED) is 0.759. The van der Waals surface area contributed by atoms with Crippen LogP contribution in [-0.4, -0.2) is 46.2 Å². The van der Waals surface area contributed by atoms with Crippen LogP contribution in [0, 0.1) is 40.7 Å². The number of carbonyl (C=O) groups excluding carboxylic acids is 1. The lowest BCUT2D eigenvalue weighted by molar-refractivity contribution is -0.135. The minimum Gasteiger partial charge on any atom is -0.340 e. The molecular weight excluding hydrogens is 402 g/mol. The largest absolute Gasteiger partial charge is 0.340 e. The molecule has 158 valence electrons. The number of anilines is 1. The Morgan fingerprint density at radius 1 is 1.13 bits per heavy atom. The molecule has 31 heavy (non-hydrogen) atoms. The third-order valence-electron chi connectivity index (χ3n) is 6.39. The Morgan fingerprint density at radius 2 is 1.84 bits per heavy atom. The Morgan fingerprint density at radius 3 is 2.52 bits per heavy atom. The first-order chi connectivity index (χ1) is 15.0. The third-order valence-corrected chi connectivity index (χ3v) is 6.39. The van der Waals surface area contributed by atoms with E-state index in [0.717, 1.165) is 32.0 Å². The molecule has 1 amide bonds. The Labute approximate surface area is 178 Å². The van der Waals surface area contributed by atoms with E-state index < -0.39 is 11.6 Å². The normalized spacial score (nSPS) is 24.8. The maximum Gasteiger partial charge on any atom is 0.245 e. The molecule has 3 aliphatic rings. The van der Waals surface area contributed by atoms with Crippen molar-refractivity contribution >= 4 is 17.6 Å². The van der Waals surface area contributed by atoms with Crippen LogP contribution >= 0.6 is 0 Å². The molecule has 5 rings (SSSR count). The molecule has 1 aromatic carbocycles. The van der Waals surface area contributed by atoms with Crippen molar-refractivity contribution < 1.29 is 13.6 Å². The summed E-state index contributed by atoms with van der Waals surface area (Å²) in [6.45, 7) is 1.96. The number of hydrogen-bond donors (Lipinski definition) is 0. The Balaban J connectivity index is 1.23. The Bertz CT molecular complexity index is 1080. The molecule has 0 bridgehead atoms. The molecule has 3 atom stereocenters. The Kier molecular flexibility index (Phi) is 4.85. The molecule has 3 heterocycles. The predicted octanol–water partition coefficient (Wildman–Crippen LogP) is 2.73. The SMILES string of the molecule is N#Cc1ccnc(N2C[C@H]3CC(C(=O)N4CCC(c5cc(F)cc(F)c5)=N4)C[C@H]3C2)n1. The van der Waals surface area contributed by atoms with E-state index in [0.29, 0.717) is 47.7 Å². The van der Waals surface area contributed by atoms with Crippen LogP contribution in [0.3, 0.4) is 0 Å². The summed E-state index contributed by atoms with van der Waals surface area (Å²) in [6.07, 6.45) is 3.62. The fraction of sp³-hybridized carbons (Fsp3) is 0.409. The standard InChI is InChI=1S/C22H20F2N6O/c23-17-7-13(8-18(24)9-17)20-2-4-30(28-20)21(31)14-5-15-11-29(12-16(15)6-14)22-26-3-1-19(10-25)27-22/h1,3,7-9,14-16H,2,4-6,11-12H2/t14?,15-,16+. The van der Waals surface area contributed by atoms with Crippen molar-refractivity contribution in [1.29, 1.82) is 5.26 Å². The number of rotatable bonds is 3. The number of nitrogens with zero attached hydrogens (tertiary/aromatic N) is 6. The van der Waals surface area contributed by atoms with E-state index in [9.17, 15) is 13.6 Å². The lowest BCUT2D eigenvalue weighted by Gasteiger charge is -2.20. The molecule has 9 heteroatoms. The van der Waals surface area contributed by atoms with E-state index in [1.54, 1.807) is 12.3 Å². The van der Waals surface area contributed by atoms with Crippen LogP contribution in [0.4, 0.5) is 14.7 Å². The van der Waals surface area contributed by atoms with E-state index >= 15 is 0 Å². The van der Waals surface area contributed by atoms with Gasteiger partial charge >= 0.3 is 0 Å². The highest BCUT2D eigenvalue weighted by Crippen LogP contribution is 2.43. The summed E-state index contributed by atoms with van der Waals surface area (Å²) in [6, 6.07) is 6.93. The zero-order valence-electron chi connectivity index (χ0n) is 16.7. The van der Waals surface area contributed by atoms with Crippen molar-refractivity contribution in [2.24, 2.45) is 22.9 Å². The van der Waals surface area contributed by atoms with Gasteiger partial charge in [-0.2, -0.15) is 10.4 Å². The molecule has 2 aliphatic heterocycles. The second-order valence-electron chi connectivity index (χ2n) is 8.36. The van der Waals surface area contributed by atoms with Gasteiger partial charge in [-0.1, -0.05) is 0 Å². The van der Waals surface area contributed by atoms with E-state index in [2.05, 4.69) is 20.0 Å². The molecular formula is C22H20F2N6O. The minimum atomic E-state index is -0.653. The van der Waals surface area contributed by atoms with Crippen LogP contribution in [0.5, 0.6) is 0 Å². The summed E-state index contributed by atoms with van der Waals surface area (Å²) in [5.41, 5.74) is 1.26. The first kappa shape index (κ1) is 19.5. The van der Waals surface area contributed by atoms with Crippen LogP contribution in [0.25, 0.3) is 0 Å². The maximum atomic E-state index is 13.5. The molecule has 2 fully saturated rings. The van der Waals surface area contributed by atoms with Gasteiger partial charge < -0.3 is 4.90 Å². The number of aromatic nitrogens is 2. The van der Waals surface area contributed by atoms with Crippen molar-refractivity contribution in [3.63, 3.8) is 0 Å². The highest BCUT2D eigenvalue weighted by Gasteiger charge is 2.45. The maximum absolute atomic E-state index is 13.5. The molecule has 0 radical (unpaired) electrons. The zero-order valence-corrected chi connectivity index (χ0v) is 16.7. The highest BCUT2D eigenvalue weighted by molar-refractivity contribution is 6.02. The van der Waals surface area contributed by atoms with Crippen LogP contribution < -0.4 is 4.90 Å². The molecule has 1 saturated carbocycles. The summed E-state index contributed by atoms with van der Waals surface area (Å²) in [4.78, 5) is 23.7. The van der Waals surface area contributed by atoms with Gasteiger partial charge in [-0.05, 0) is 42.9 Å². The zero-order chi connectivity index (χ0) is 21.5. The molecule has 7 nitrogen and oxygen atoms in total. The van der Waals surface area contributed by atoms with E-state index in [1.807, 2.05) is 6.07 Å². The summed E-state index contributed by atoms with van der Waals surface area (Å²) in [5, 5.41) is 14.9. The van der Waals surface area contributed by atoms with Gasteiger partial charge in [-0.25, -0.2) is 23.8 Å². The van der Waals surface area contributed by atoms with Crippen molar-refractivity contribution in [2.75, 3.05) is 24.5 Å². The number of hydrogen-bond acceptors (Lipinski definition) is 6. The van der Waals surface area contributed by atoms with Crippen LogP contribution in [0.15, 0.2) is 35.6 Å². The Hall–Kier alpha value is -3.41. The van der Waals surface area contributed by atoms with Crippen LogP contribution in [0.2, 0.25) is 0 Å². The lowest BCUT2D eigenvalue weighted by atomic mass is 10.0. The number of carbonyl (C=O) groups is 1. The predicted molar refractivity (Wildman–Crippen MR) is 108 cm³/mol. The molecule has 1 unspecified atom stereocenters. The molecule has 1 aromatic heterocycles. The van der Waals surface area contributed by atoms with Crippen molar-refractivity contribution in [3.05, 3.63) is 53.4 Å². The highest BCUT2D eigenvalue weighted by atomic mass is 19.1. The minimum absolute atomic E-state index is 0.0180. The second kappa shape index (κ2) is 7.69. The second-order valence-corrected chi connectivity index (χ2v) is 8.36. The van der Waals surface area contributed by atoms with Crippen molar-refractivity contribution in [3.8, 4) is 6.07 Å². The fourth-order valence-corrected chi connectivity index (χ4v) is 4.98. The van der Waals surface area contributed by atoms with E-state index in [4.69, 9.17) is 5.26 Å². The van der Waals surface area contributed by atoms with Gasteiger partial charge in [0.2, 0.25) is 11.9 Å². The summed E-state index contributed by atoms with van der Waals surface area (Å²) in [5.74, 6) is -0.128. The van der Waals surface area contributed by atoms with Gasteiger partial charge in [0.15, 0.2) is 0 Å². The van der Waals surface area contributed by atoms with Crippen molar-refractivity contribution in [1.82, 2.24) is 15.0 Å². The lowest BCUT2D eigenvalue weighted by Crippen LogP contribution is -2.31. The molecule has 0 spiro atoms. The number of fused-ring (bicyclic) bond motifs is 1. The van der Waals surface area contributed by atoms with Gasteiger partial charge in [-0.3, -0.25) is 4.79 Å². The third kappa shape index (κ3) is 3.74. The van der Waals surface area contributed by atoms with E-state index in [-0.39, 0.29) is 11.8 Å². The first-order valence-electron chi connectivity index (χ1n) is 10.3. The van der Waals surface area contributed by atoms with Gasteiger partial charge in [-0.15, -0.1) is 0 Å². The molecule has 1 saturated heterocycles. The molecule has 0 N–H and O–H groups in total. The smallest absolute Gasteiger partial charge is 0.245 e. The van der Waals surface area contributed by atoms with Gasteiger partial charge in [0, 0.05) is 43.3 Å². The number of amides is 1. The molecule has 1 aliphatic carbocycles. The van der Waals surface area contributed by atoms with Gasteiger partial charge in [0.25, 0.3) is 0 Å². The number of nitriles is 1. The summed E-state index contributed by atoms with van der Waals surface area (Å²) >= 11 is 0. The summed E-state index contributed by atoms with van der Waals surface area (Å²) < 4.78 is 27.0. The average Bonchev–Trinajstić information content (AvgIpc) is 3.47. The first-order valence-corrected chi connectivity index (χ1v) is 10.3. The number of hydrazone groups is 1. The van der Waals surface area contributed by atoms with Gasteiger partial charge in [0.05, 0.1) is 12.3 Å². The summed E-state index contributed by atoms with van der Waals surface area (Å²) in [7, 11) is 0. The van der Waals surface area contributed by atoms with Gasteiger partial charge in [0.1, 0.15) is 23.4 Å². The van der Waals surface area contributed by atoms with Crippen molar-refractivity contribution in [2.45, 2.75) is 19.3 Å². The van der Waals surface area contributed by atoms with E-state index in [1.165, 1.54) is 17.1 Å².